The van der Waals surface area contributed by atoms with Crippen molar-refractivity contribution < 1.29 is 18.3 Å². The molecule has 0 fully saturated rings. The molecule has 0 aliphatic carbocycles. The smallest absolute Gasteiger partial charge is 0.419 e. The maximum atomic E-state index is 12.9. The van der Waals surface area contributed by atoms with Crippen LogP contribution in [0.25, 0.3) is 0 Å². The molecule has 120 valence electrons. The summed E-state index contributed by atoms with van der Waals surface area (Å²) in [6, 6.07) is 6.74. The monoisotopic (exact) mass is 313 g/mol. The average molecular weight is 313 g/mol. The summed E-state index contributed by atoms with van der Waals surface area (Å²) in [6.07, 6.45) is -2.90. The molecular formula is C15H18F3N3O. The number of nitrogens with zero attached hydrogens (tertiary/aromatic N) is 2. The van der Waals surface area contributed by atoms with Crippen LogP contribution in [-0.2, 0) is 26.2 Å². The van der Waals surface area contributed by atoms with E-state index in [9.17, 15) is 18.3 Å². The Balaban J connectivity index is 1.98. The quantitative estimate of drug-likeness (QED) is 0.892. The molecule has 1 unspecified atom stereocenters. The molecule has 2 N–H and O–H groups in total. The minimum absolute atomic E-state index is 0.0134. The second kappa shape index (κ2) is 6.39. The van der Waals surface area contributed by atoms with Gasteiger partial charge in [0.1, 0.15) is 5.75 Å². The van der Waals surface area contributed by atoms with E-state index < -0.39 is 11.7 Å². The van der Waals surface area contributed by atoms with Crippen LogP contribution in [0.5, 0.6) is 5.75 Å². The predicted molar refractivity (Wildman–Crippen MR) is 76.3 cm³/mol. The molecule has 1 aromatic heterocycles. The number of halogens is 3. The summed E-state index contributed by atoms with van der Waals surface area (Å²) in [5.41, 5.74) is 0.406. The van der Waals surface area contributed by atoms with Gasteiger partial charge in [0.2, 0.25) is 0 Å². The van der Waals surface area contributed by atoms with Crippen LogP contribution in [0.3, 0.4) is 0 Å². The highest BCUT2D eigenvalue weighted by molar-refractivity contribution is 5.26. The highest BCUT2D eigenvalue weighted by Gasteiger charge is 2.35. The summed E-state index contributed by atoms with van der Waals surface area (Å²) in [6.45, 7) is 1.99. The summed E-state index contributed by atoms with van der Waals surface area (Å²) in [5, 5.41) is 16.0. The molecule has 0 saturated heterocycles. The number of nitrogens with one attached hydrogen (secondary N) is 1. The number of hydrogen-bond donors (Lipinski definition) is 2. The first-order chi connectivity index (χ1) is 10.3. The number of hydrogen-bond acceptors (Lipinski definition) is 3. The zero-order chi connectivity index (χ0) is 16.3. The Morgan fingerprint density at radius 3 is 2.50 bits per heavy atom. The first-order valence-electron chi connectivity index (χ1n) is 6.86. The molecule has 0 radical (unpaired) electrons. The van der Waals surface area contributed by atoms with Crippen LogP contribution < -0.4 is 5.32 Å². The van der Waals surface area contributed by atoms with Crippen LogP contribution in [0.1, 0.15) is 23.7 Å². The summed E-state index contributed by atoms with van der Waals surface area (Å²) < 4.78 is 39.8. The zero-order valence-electron chi connectivity index (χ0n) is 12.4. The Morgan fingerprint density at radius 1 is 1.27 bits per heavy atom. The van der Waals surface area contributed by atoms with E-state index in [4.69, 9.17) is 0 Å². The van der Waals surface area contributed by atoms with Gasteiger partial charge in [0.05, 0.1) is 17.5 Å². The van der Waals surface area contributed by atoms with Crippen molar-refractivity contribution >= 4 is 0 Å². The number of benzene rings is 1. The van der Waals surface area contributed by atoms with Crippen molar-refractivity contribution in [2.24, 2.45) is 7.05 Å². The van der Waals surface area contributed by atoms with E-state index in [1.165, 1.54) is 11.7 Å². The molecule has 1 atom stereocenters. The number of aromatic hydroxyl groups is 1. The summed E-state index contributed by atoms with van der Waals surface area (Å²) in [4.78, 5) is 0. The minimum Gasteiger partial charge on any atom is -0.508 e. The SMILES string of the molecule is CC(Cc1ccc(O)cc1)NCc1c(C(F)(F)F)cnn1C. The first kappa shape index (κ1) is 16.4. The Hall–Kier alpha value is -2.02. The number of phenolic OH excluding ortho intramolecular Hbond substituents is 1. The highest BCUT2D eigenvalue weighted by atomic mass is 19.4. The van der Waals surface area contributed by atoms with Gasteiger partial charge in [-0.3, -0.25) is 4.68 Å². The van der Waals surface area contributed by atoms with Crippen molar-refractivity contribution in [1.82, 2.24) is 15.1 Å². The zero-order valence-corrected chi connectivity index (χ0v) is 12.4. The third-order valence-electron chi connectivity index (χ3n) is 3.46. The van der Waals surface area contributed by atoms with Gasteiger partial charge in [0.15, 0.2) is 0 Å². The van der Waals surface area contributed by atoms with Crippen molar-refractivity contribution in [2.45, 2.75) is 32.1 Å². The van der Waals surface area contributed by atoms with Gasteiger partial charge in [-0.25, -0.2) is 0 Å². The summed E-state index contributed by atoms with van der Waals surface area (Å²) in [5.74, 6) is 0.189. The second-order valence-corrected chi connectivity index (χ2v) is 5.28. The lowest BCUT2D eigenvalue weighted by Crippen LogP contribution is -2.29. The van der Waals surface area contributed by atoms with E-state index >= 15 is 0 Å². The first-order valence-corrected chi connectivity index (χ1v) is 6.86. The third-order valence-corrected chi connectivity index (χ3v) is 3.46. The van der Waals surface area contributed by atoms with Crippen LogP contribution in [0.4, 0.5) is 13.2 Å². The topological polar surface area (TPSA) is 50.1 Å². The van der Waals surface area contributed by atoms with Gasteiger partial charge in [-0.15, -0.1) is 0 Å². The van der Waals surface area contributed by atoms with Gasteiger partial charge < -0.3 is 10.4 Å². The lowest BCUT2D eigenvalue weighted by atomic mass is 10.1. The van der Waals surface area contributed by atoms with Crippen molar-refractivity contribution in [2.75, 3.05) is 0 Å². The molecule has 0 amide bonds. The Morgan fingerprint density at radius 2 is 1.91 bits per heavy atom. The largest absolute Gasteiger partial charge is 0.508 e. The van der Waals surface area contributed by atoms with Crippen LogP contribution in [0.2, 0.25) is 0 Å². The van der Waals surface area contributed by atoms with E-state index in [0.717, 1.165) is 11.8 Å². The molecule has 0 saturated carbocycles. The van der Waals surface area contributed by atoms with Crippen molar-refractivity contribution in [1.29, 1.82) is 0 Å². The van der Waals surface area contributed by atoms with Gasteiger partial charge >= 0.3 is 6.18 Å². The van der Waals surface area contributed by atoms with Crippen LogP contribution in [0, 0.1) is 0 Å². The fourth-order valence-corrected chi connectivity index (χ4v) is 2.24. The lowest BCUT2D eigenvalue weighted by molar-refractivity contribution is -0.138. The molecule has 2 aromatic rings. The molecule has 0 spiro atoms. The van der Waals surface area contributed by atoms with E-state index in [1.54, 1.807) is 24.3 Å². The van der Waals surface area contributed by atoms with Gasteiger partial charge in [-0.05, 0) is 31.0 Å². The Labute approximate surface area is 126 Å². The van der Waals surface area contributed by atoms with Gasteiger partial charge in [0, 0.05) is 19.6 Å². The fourth-order valence-electron chi connectivity index (χ4n) is 2.24. The molecule has 0 bridgehead atoms. The number of aryl methyl sites for hydroxylation is 1. The van der Waals surface area contributed by atoms with Crippen LogP contribution >= 0.6 is 0 Å². The number of alkyl halides is 3. The molecule has 4 nitrogen and oxygen atoms in total. The van der Waals surface area contributed by atoms with Crippen molar-refractivity contribution in [3.05, 3.63) is 47.3 Å². The van der Waals surface area contributed by atoms with Gasteiger partial charge in [0.25, 0.3) is 0 Å². The standard InChI is InChI=1S/C15H18F3N3O/c1-10(7-11-3-5-12(22)6-4-11)19-9-14-13(15(16,17)18)8-20-21(14)2/h3-6,8,10,19,22H,7,9H2,1-2H3. The van der Waals surface area contributed by atoms with E-state index in [1.807, 2.05) is 6.92 Å². The maximum absolute atomic E-state index is 12.9. The molecule has 7 heteroatoms. The molecule has 0 aliphatic heterocycles. The van der Waals surface area contributed by atoms with E-state index in [-0.39, 0.29) is 24.0 Å². The molecule has 0 aliphatic rings. The van der Waals surface area contributed by atoms with Crippen LogP contribution in [0.15, 0.2) is 30.5 Å². The molecular weight excluding hydrogens is 295 g/mol. The highest BCUT2D eigenvalue weighted by Crippen LogP contribution is 2.31. The predicted octanol–water partition coefficient (Wildman–Crippen LogP) is 2.87. The average Bonchev–Trinajstić information content (AvgIpc) is 2.80. The minimum atomic E-state index is -4.40. The van der Waals surface area contributed by atoms with Crippen LogP contribution in [-0.4, -0.2) is 20.9 Å². The molecule has 2 rings (SSSR count). The van der Waals surface area contributed by atoms with E-state index in [2.05, 4.69) is 10.4 Å². The summed E-state index contributed by atoms with van der Waals surface area (Å²) in [7, 11) is 1.50. The molecule has 1 heterocycles. The Kier molecular flexibility index (Phi) is 4.75. The summed E-state index contributed by atoms with van der Waals surface area (Å²) >= 11 is 0. The second-order valence-electron chi connectivity index (χ2n) is 5.28. The maximum Gasteiger partial charge on any atom is 0.419 e. The van der Waals surface area contributed by atoms with Crippen molar-refractivity contribution in [3.8, 4) is 5.75 Å². The van der Waals surface area contributed by atoms with Gasteiger partial charge in [-0.1, -0.05) is 12.1 Å². The van der Waals surface area contributed by atoms with Crippen molar-refractivity contribution in [3.63, 3.8) is 0 Å². The molecule has 1 aromatic carbocycles. The molecule has 22 heavy (non-hydrogen) atoms. The number of rotatable bonds is 5. The van der Waals surface area contributed by atoms with Gasteiger partial charge in [-0.2, -0.15) is 18.3 Å². The number of aromatic nitrogens is 2. The normalized spacial score (nSPS) is 13.3. The number of phenols is 1. The Bertz CT molecular complexity index is 620. The lowest BCUT2D eigenvalue weighted by Gasteiger charge is -2.16. The fraction of sp³-hybridized carbons (Fsp3) is 0.400. The van der Waals surface area contributed by atoms with E-state index in [0.29, 0.717) is 6.42 Å². The third kappa shape index (κ3) is 4.00.